The molecule has 43 heavy (non-hydrogen) atoms. The van der Waals surface area contributed by atoms with Crippen LogP contribution >= 0.6 is 0 Å². The number of hydrogen-bond acceptors (Lipinski definition) is 6. The van der Waals surface area contributed by atoms with Gasteiger partial charge in [-0.05, 0) is 72.0 Å². The smallest absolute Gasteiger partial charge is 0.392 e. The molecule has 2 aromatic carbocycles. The van der Waals surface area contributed by atoms with Crippen LogP contribution in [0.4, 0.5) is 41.1 Å². The zero-order valence-electron chi connectivity index (χ0n) is 23.7. The number of likely N-dealkylation sites (tertiary alicyclic amines) is 1. The molecule has 2 heterocycles. The van der Waals surface area contributed by atoms with E-state index in [0.29, 0.717) is 49.2 Å². The van der Waals surface area contributed by atoms with Crippen molar-refractivity contribution in [3.63, 3.8) is 0 Å². The van der Waals surface area contributed by atoms with Crippen LogP contribution in [-0.2, 0) is 38.4 Å². The van der Waals surface area contributed by atoms with Gasteiger partial charge in [-0.25, -0.2) is 8.78 Å². The summed E-state index contributed by atoms with van der Waals surface area (Å²) in [6.45, 7) is 2.91. The number of β-amino-alcohol motifs (C(OH)–C–C–N with tert-alkyl or cyclic N) is 1. The summed E-state index contributed by atoms with van der Waals surface area (Å²) in [5, 5.41) is 22.0. The first-order valence-electron chi connectivity index (χ1n) is 13.7. The highest BCUT2D eigenvalue weighted by atomic mass is 19.4. The monoisotopic (exact) mass is 620 g/mol. The van der Waals surface area contributed by atoms with E-state index >= 15 is 0 Å². The predicted molar refractivity (Wildman–Crippen MR) is 141 cm³/mol. The average molecular weight is 621 g/mol. The van der Waals surface area contributed by atoms with Gasteiger partial charge in [0.25, 0.3) is 11.9 Å². The molecule has 1 fully saturated rings. The van der Waals surface area contributed by atoms with Crippen LogP contribution in [0.15, 0.2) is 36.4 Å². The molecule has 0 aliphatic carbocycles. The molecular formula is C28H32F8N6O. The number of hydrogen-bond donors (Lipinski definition) is 1. The Morgan fingerprint density at radius 1 is 0.953 bits per heavy atom. The van der Waals surface area contributed by atoms with Gasteiger partial charge in [0.2, 0.25) is 0 Å². The molecule has 0 amide bonds. The molecule has 15 heteroatoms. The normalized spacial score (nSPS) is 17.7. The Morgan fingerprint density at radius 2 is 1.60 bits per heavy atom. The maximum atomic E-state index is 14.5. The van der Waals surface area contributed by atoms with E-state index in [4.69, 9.17) is 0 Å². The average Bonchev–Trinajstić information content (AvgIpc) is 3.34. The fourth-order valence-electron chi connectivity index (χ4n) is 5.42. The first-order chi connectivity index (χ1) is 20.0. The topological polar surface area (TPSA) is 70.3 Å². The van der Waals surface area contributed by atoms with E-state index in [0.717, 1.165) is 18.1 Å². The predicted octanol–water partition coefficient (Wildman–Crippen LogP) is 6.47. The van der Waals surface area contributed by atoms with Crippen molar-refractivity contribution < 1.29 is 40.2 Å². The Bertz CT molecular complexity index is 1370. The number of aliphatic hydroxyl groups excluding tert-OH is 1. The van der Waals surface area contributed by atoms with Gasteiger partial charge in [0, 0.05) is 38.2 Å². The van der Waals surface area contributed by atoms with Crippen molar-refractivity contribution in [2.45, 2.75) is 76.6 Å². The molecule has 1 aromatic heterocycles. The molecule has 1 saturated heterocycles. The number of nitrogens with zero attached hydrogens (tertiary/aromatic N) is 6. The first-order valence-corrected chi connectivity index (χ1v) is 13.7. The number of aryl methyl sites for hydroxylation is 1. The van der Waals surface area contributed by atoms with Crippen LogP contribution in [0.2, 0.25) is 0 Å². The summed E-state index contributed by atoms with van der Waals surface area (Å²) in [4.78, 5) is 4.41. The number of alkyl halides is 8. The second-order valence-corrected chi connectivity index (χ2v) is 10.9. The van der Waals surface area contributed by atoms with Crippen LogP contribution in [0.3, 0.4) is 0 Å². The van der Waals surface area contributed by atoms with Crippen molar-refractivity contribution in [1.82, 2.24) is 25.1 Å². The number of benzene rings is 2. The number of anilines is 1. The minimum atomic E-state index is -5.05. The van der Waals surface area contributed by atoms with Crippen molar-refractivity contribution >= 4 is 5.95 Å². The largest absolute Gasteiger partial charge is 0.416 e. The molecule has 3 aromatic rings. The van der Waals surface area contributed by atoms with Crippen LogP contribution in [-0.4, -0.2) is 49.4 Å². The molecule has 0 radical (unpaired) electrons. The zero-order chi connectivity index (χ0) is 31.7. The summed E-state index contributed by atoms with van der Waals surface area (Å²) in [6, 6.07) is 5.11. The summed E-state index contributed by atoms with van der Waals surface area (Å²) in [6.07, 6.45) is -8.75. The number of halogens is 8. The molecule has 2 unspecified atom stereocenters. The summed E-state index contributed by atoms with van der Waals surface area (Å²) in [7, 11) is 1.43. The fourth-order valence-corrected chi connectivity index (χ4v) is 5.42. The van der Waals surface area contributed by atoms with Crippen LogP contribution < -0.4 is 4.90 Å². The lowest BCUT2D eigenvalue weighted by Crippen LogP contribution is -2.41. The Morgan fingerprint density at radius 3 is 2.12 bits per heavy atom. The lowest BCUT2D eigenvalue weighted by molar-refractivity contribution is -0.143. The lowest BCUT2D eigenvalue weighted by atomic mass is 9.92. The van der Waals surface area contributed by atoms with E-state index in [1.54, 1.807) is 6.07 Å². The molecule has 1 aliphatic heterocycles. The number of aromatic nitrogens is 4. The summed E-state index contributed by atoms with van der Waals surface area (Å²) >= 11 is 0. The van der Waals surface area contributed by atoms with Crippen LogP contribution in [0.5, 0.6) is 0 Å². The van der Waals surface area contributed by atoms with Gasteiger partial charge in [-0.1, -0.05) is 24.2 Å². The Hall–Kier alpha value is -3.33. The van der Waals surface area contributed by atoms with Gasteiger partial charge >= 0.3 is 12.4 Å². The van der Waals surface area contributed by atoms with Gasteiger partial charge < -0.3 is 10.0 Å². The number of tetrazole rings is 1. The van der Waals surface area contributed by atoms with Crippen LogP contribution in [0, 0.1) is 0 Å². The van der Waals surface area contributed by atoms with Gasteiger partial charge in [-0.2, -0.15) is 31.1 Å². The third-order valence-corrected chi connectivity index (χ3v) is 7.43. The van der Waals surface area contributed by atoms with E-state index in [9.17, 15) is 40.2 Å². The van der Waals surface area contributed by atoms with E-state index < -0.39 is 42.1 Å². The van der Waals surface area contributed by atoms with Gasteiger partial charge in [-0.15, -0.1) is 5.10 Å². The van der Waals surface area contributed by atoms with E-state index in [1.165, 1.54) is 24.1 Å². The summed E-state index contributed by atoms with van der Waals surface area (Å²) in [5.41, 5.74) is -2.61. The Balaban J connectivity index is 1.81. The molecule has 0 saturated carbocycles. The molecule has 2 atom stereocenters. The lowest BCUT2D eigenvalue weighted by Gasteiger charge is -2.38. The van der Waals surface area contributed by atoms with Gasteiger partial charge in [0.15, 0.2) is 0 Å². The molecule has 4 rings (SSSR count). The number of aliphatic hydroxyl groups is 1. The highest BCUT2D eigenvalue weighted by Crippen LogP contribution is 2.38. The second kappa shape index (κ2) is 12.3. The van der Waals surface area contributed by atoms with E-state index in [-0.39, 0.29) is 35.7 Å². The first kappa shape index (κ1) is 32.6. The van der Waals surface area contributed by atoms with Gasteiger partial charge in [0.05, 0.1) is 24.3 Å². The maximum Gasteiger partial charge on any atom is 0.416 e. The minimum absolute atomic E-state index is 0.0399. The maximum absolute atomic E-state index is 14.5. The Labute approximate surface area is 243 Å². The third-order valence-electron chi connectivity index (χ3n) is 7.43. The molecule has 1 aliphatic rings. The molecule has 236 valence electrons. The van der Waals surface area contributed by atoms with Gasteiger partial charge in [0.1, 0.15) is 0 Å². The quantitative estimate of drug-likeness (QED) is 0.277. The van der Waals surface area contributed by atoms with E-state index in [1.807, 2.05) is 11.8 Å². The second-order valence-electron chi connectivity index (χ2n) is 10.9. The van der Waals surface area contributed by atoms with Crippen LogP contribution in [0.1, 0.15) is 72.5 Å². The molecular weight excluding hydrogens is 588 g/mol. The number of rotatable bonds is 9. The highest BCUT2D eigenvalue weighted by molar-refractivity contribution is 5.42. The van der Waals surface area contributed by atoms with Crippen molar-refractivity contribution in [3.05, 3.63) is 69.8 Å². The molecule has 7 nitrogen and oxygen atoms in total. The Kier molecular flexibility index (Phi) is 9.35. The van der Waals surface area contributed by atoms with Crippen molar-refractivity contribution in [2.24, 2.45) is 7.05 Å². The van der Waals surface area contributed by atoms with E-state index in [2.05, 4.69) is 15.4 Å². The minimum Gasteiger partial charge on any atom is -0.392 e. The van der Waals surface area contributed by atoms with Crippen molar-refractivity contribution in [1.29, 1.82) is 0 Å². The highest BCUT2D eigenvalue weighted by Gasteiger charge is 2.37. The van der Waals surface area contributed by atoms with Crippen molar-refractivity contribution in [3.8, 4) is 0 Å². The molecule has 0 bridgehead atoms. The van der Waals surface area contributed by atoms with Crippen molar-refractivity contribution in [2.75, 3.05) is 18.0 Å². The standard InChI is InChI=1S/C28H32F8N6O/c1-4-24(41-9-5-6-22(43)16-41)23-8-7-19(26(2,29)30)12-18(23)15-42(25-37-39-40(3)38-25)14-17-10-20(27(31,32)33)13-21(11-17)28(34,35)36/h7-8,10-13,22,24,43H,4-6,9,14-16H2,1-3H3. The zero-order valence-corrected chi connectivity index (χ0v) is 23.7. The fraction of sp³-hybridized carbons (Fsp3) is 0.536. The van der Waals surface area contributed by atoms with Crippen LogP contribution in [0.25, 0.3) is 0 Å². The van der Waals surface area contributed by atoms with Gasteiger partial charge in [-0.3, -0.25) is 4.90 Å². The number of piperidine rings is 1. The third kappa shape index (κ3) is 7.99. The SMILES string of the molecule is CCC(c1ccc(C(C)(F)F)cc1CN(Cc1cc(C(F)(F)F)cc(C(F)(F)F)c1)c1nnn(C)n1)N1CCCC(O)C1. The summed E-state index contributed by atoms with van der Waals surface area (Å²) < 4.78 is 110. The molecule has 0 spiro atoms. The summed E-state index contributed by atoms with van der Waals surface area (Å²) in [5.74, 6) is -3.34. The molecule has 1 N–H and O–H groups in total.